The van der Waals surface area contributed by atoms with E-state index < -0.39 is 46.7 Å². The lowest BCUT2D eigenvalue weighted by atomic mass is 9.42. The van der Waals surface area contributed by atoms with Gasteiger partial charge in [-0.2, -0.15) is 0 Å². The molecule has 2 saturated carbocycles. The third-order valence-corrected chi connectivity index (χ3v) is 8.67. The van der Waals surface area contributed by atoms with Gasteiger partial charge in [0.1, 0.15) is 24.4 Å². The minimum atomic E-state index is -1.10. The van der Waals surface area contributed by atoms with Crippen LogP contribution >= 0.6 is 0 Å². The van der Waals surface area contributed by atoms with E-state index in [1.807, 2.05) is 6.92 Å². The van der Waals surface area contributed by atoms with E-state index in [-0.39, 0.29) is 31.0 Å². The Morgan fingerprint density at radius 3 is 2.61 bits per heavy atom. The first-order valence-electron chi connectivity index (χ1n) is 11.5. The van der Waals surface area contributed by atoms with Crippen LogP contribution in [-0.2, 0) is 33.3 Å². The summed E-state index contributed by atoms with van der Waals surface area (Å²) in [5, 5.41) is 11.6. The van der Waals surface area contributed by atoms with Crippen LogP contribution in [-0.4, -0.2) is 54.0 Å². The molecule has 1 aromatic heterocycles. The molecule has 9 nitrogen and oxygen atoms in total. The molecule has 2 saturated heterocycles. The monoisotopic (exact) mass is 462 g/mol. The Balaban J connectivity index is 1.61. The molecule has 4 aliphatic rings. The maximum atomic E-state index is 13.6. The van der Waals surface area contributed by atoms with Gasteiger partial charge >= 0.3 is 17.9 Å². The highest BCUT2D eigenvalue weighted by molar-refractivity contribution is 5.81. The number of cyclic esters (lactones) is 1. The lowest BCUT2D eigenvalue weighted by Gasteiger charge is -2.61. The normalized spacial score (nSPS) is 43.8. The fourth-order valence-electron chi connectivity index (χ4n) is 7.16. The van der Waals surface area contributed by atoms with E-state index in [2.05, 4.69) is 0 Å². The molecular formula is C24H30O9. The lowest BCUT2D eigenvalue weighted by Crippen LogP contribution is -2.71. The van der Waals surface area contributed by atoms with Crippen LogP contribution in [0.3, 0.4) is 0 Å². The van der Waals surface area contributed by atoms with Crippen molar-refractivity contribution in [1.82, 2.24) is 0 Å². The number of epoxide rings is 1. The third kappa shape index (κ3) is 3.01. The van der Waals surface area contributed by atoms with E-state index in [1.54, 1.807) is 18.6 Å². The summed E-state index contributed by atoms with van der Waals surface area (Å²) in [6.45, 7) is 4.75. The van der Waals surface area contributed by atoms with Crippen LogP contribution in [0.1, 0.15) is 58.1 Å². The standard InChI is InChI=1S/C24H30O9/c1-13-8-19(27)23(11-30-14(2)25)18(4-5-20(32-15(3)26)24(23)12-31-24)22(13)9-17(33-21(22)28)16-6-7-29-10-16/h6-7,10,13,17-20,27H,4-5,8-9,11-12H2,1-3H3/t13-,17+,18?,19-,20+,22-,23+,24-/m1/s1. The molecule has 180 valence electrons. The maximum Gasteiger partial charge on any atom is 0.313 e. The number of carbonyl (C=O) groups is 3. The molecule has 0 bridgehead atoms. The van der Waals surface area contributed by atoms with Crippen molar-refractivity contribution in [2.45, 2.75) is 70.4 Å². The zero-order valence-electron chi connectivity index (χ0n) is 19.1. The van der Waals surface area contributed by atoms with E-state index in [1.165, 1.54) is 13.8 Å². The number of aliphatic hydroxyl groups excluding tert-OH is 1. The summed E-state index contributed by atoms with van der Waals surface area (Å²) in [6.07, 6.45) is 2.88. The molecule has 2 aliphatic heterocycles. The zero-order chi connectivity index (χ0) is 23.6. The van der Waals surface area contributed by atoms with Crippen LogP contribution in [0.25, 0.3) is 0 Å². The van der Waals surface area contributed by atoms with Gasteiger partial charge in [0.15, 0.2) is 0 Å². The first kappa shape index (κ1) is 22.4. The topological polar surface area (TPSA) is 125 Å². The molecule has 1 unspecified atom stereocenters. The van der Waals surface area contributed by atoms with Crippen LogP contribution < -0.4 is 0 Å². The van der Waals surface area contributed by atoms with Gasteiger partial charge in [0, 0.05) is 25.8 Å². The average Bonchev–Trinajstić information content (AvgIpc) is 3.19. The van der Waals surface area contributed by atoms with Gasteiger partial charge < -0.3 is 28.5 Å². The largest absolute Gasteiger partial charge is 0.472 e. The summed E-state index contributed by atoms with van der Waals surface area (Å²) < 4.78 is 28.3. The van der Waals surface area contributed by atoms with Crippen molar-refractivity contribution in [3.8, 4) is 0 Å². The fraction of sp³-hybridized carbons (Fsp3) is 0.708. The number of rotatable bonds is 4. The molecule has 0 radical (unpaired) electrons. The Morgan fingerprint density at radius 2 is 2.00 bits per heavy atom. The van der Waals surface area contributed by atoms with E-state index in [0.29, 0.717) is 25.7 Å². The SMILES string of the molecule is CC(=O)OC[C@@]12C(CC[C@H](OC(C)=O)[C@]13CO3)[C@@]1(C[C@@H](c3ccoc3)OC1=O)[C@H](C)C[C@H]2O. The van der Waals surface area contributed by atoms with Crippen LogP contribution in [0.4, 0.5) is 0 Å². The number of hydrogen-bond acceptors (Lipinski definition) is 9. The predicted molar refractivity (Wildman–Crippen MR) is 110 cm³/mol. The van der Waals surface area contributed by atoms with Gasteiger partial charge in [0.2, 0.25) is 0 Å². The summed E-state index contributed by atoms with van der Waals surface area (Å²) in [5.41, 5.74) is -2.23. The van der Waals surface area contributed by atoms with Crippen molar-refractivity contribution in [1.29, 1.82) is 0 Å². The molecule has 9 heteroatoms. The Kier molecular flexibility index (Phi) is 5.13. The summed E-state index contributed by atoms with van der Waals surface area (Å²) in [4.78, 5) is 37.4. The number of hydrogen-bond donors (Lipinski definition) is 1. The number of furan rings is 1. The molecule has 0 aromatic carbocycles. The minimum Gasteiger partial charge on any atom is -0.472 e. The molecule has 33 heavy (non-hydrogen) atoms. The Morgan fingerprint density at radius 1 is 1.24 bits per heavy atom. The van der Waals surface area contributed by atoms with Crippen LogP contribution in [0, 0.1) is 22.7 Å². The first-order valence-corrected chi connectivity index (χ1v) is 11.5. The lowest BCUT2D eigenvalue weighted by molar-refractivity contribution is -0.241. The van der Waals surface area contributed by atoms with Crippen LogP contribution in [0.2, 0.25) is 0 Å². The number of fused-ring (bicyclic) bond motifs is 3. The van der Waals surface area contributed by atoms with Crippen LogP contribution in [0.15, 0.2) is 23.0 Å². The minimum absolute atomic E-state index is 0.121. The smallest absolute Gasteiger partial charge is 0.313 e. The van der Waals surface area contributed by atoms with Gasteiger partial charge in [-0.1, -0.05) is 6.92 Å². The molecule has 3 heterocycles. The average molecular weight is 462 g/mol. The summed E-state index contributed by atoms with van der Waals surface area (Å²) in [7, 11) is 0. The number of esters is 3. The van der Waals surface area contributed by atoms with Gasteiger partial charge in [0.25, 0.3) is 0 Å². The summed E-state index contributed by atoms with van der Waals surface area (Å²) in [6, 6.07) is 1.79. The second kappa shape index (κ2) is 7.56. The predicted octanol–water partition coefficient (Wildman–Crippen LogP) is 2.31. The molecule has 2 aliphatic carbocycles. The Labute approximate surface area is 191 Å². The second-order valence-electron chi connectivity index (χ2n) is 10.1. The van der Waals surface area contributed by atoms with Crippen molar-refractivity contribution in [2.75, 3.05) is 13.2 Å². The Bertz CT molecular complexity index is 951. The van der Waals surface area contributed by atoms with Gasteiger partial charge in [0.05, 0.1) is 36.1 Å². The van der Waals surface area contributed by atoms with Crippen molar-refractivity contribution in [3.63, 3.8) is 0 Å². The molecule has 1 aromatic rings. The highest BCUT2D eigenvalue weighted by Gasteiger charge is 2.80. The van der Waals surface area contributed by atoms with Crippen molar-refractivity contribution >= 4 is 17.9 Å². The highest BCUT2D eigenvalue weighted by Crippen LogP contribution is 2.71. The summed E-state index contributed by atoms with van der Waals surface area (Å²) >= 11 is 0. The third-order valence-electron chi connectivity index (χ3n) is 8.67. The molecular weight excluding hydrogens is 432 g/mol. The number of aliphatic hydroxyl groups is 1. The zero-order valence-corrected chi connectivity index (χ0v) is 19.1. The Hall–Kier alpha value is -2.39. The second-order valence-corrected chi connectivity index (χ2v) is 10.1. The van der Waals surface area contributed by atoms with Crippen molar-refractivity contribution in [3.05, 3.63) is 24.2 Å². The van der Waals surface area contributed by atoms with Gasteiger partial charge in [-0.25, -0.2) is 0 Å². The molecule has 1 N–H and O–H groups in total. The number of carbonyl (C=O) groups excluding carboxylic acids is 3. The van der Waals surface area contributed by atoms with E-state index >= 15 is 0 Å². The molecule has 0 amide bonds. The molecule has 4 fully saturated rings. The maximum absolute atomic E-state index is 13.6. The summed E-state index contributed by atoms with van der Waals surface area (Å²) in [5.74, 6) is -1.80. The van der Waals surface area contributed by atoms with E-state index in [0.717, 1.165) is 5.56 Å². The van der Waals surface area contributed by atoms with E-state index in [4.69, 9.17) is 23.4 Å². The quantitative estimate of drug-likeness (QED) is 0.408. The molecule has 5 rings (SSSR count). The van der Waals surface area contributed by atoms with E-state index in [9.17, 15) is 19.5 Å². The van der Waals surface area contributed by atoms with Gasteiger partial charge in [-0.3, -0.25) is 14.4 Å². The molecule has 2 spiro atoms. The fourth-order valence-corrected chi connectivity index (χ4v) is 7.16. The number of ether oxygens (including phenoxy) is 4. The van der Waals surface area contributed by atoms with Gasteiger partial charge in [-0.15, -0.1) is 0 Å². The van der Waals surface area contributed by atoms with Crippen LogP contribution in [0.5, 0.6) is 0 Å². The van der Waals surface area contributed by atoms with Crippen molar-refractivity contribution < 1.29 is 42.9 Å². The first-order chi connectivity index (χ1) is 15.7. The molecule has 8 atom stereocenters. The highest BCUT2D eigenvalue weighted by atomic mass is 16.6. The van der Waals surface area contributed by atoms with Gasteiger partial charge in [-0.05, 0) is 37.2 Å². The van der Waals surface area contributed by atoms with Crippen molar-refractivity contribution in [2.24, 2.45) is 22.7 Å².